The molecule has 3 amide bonds. The zero-order valence-corrected chi connectivity index (χ0v) is 20.0. The summed E-state index contributed by atoms with van der Waals surface area (Å²) in [5, 5.41) is 14.0. The monoisotopic (exact) mass is 499 g/mol. The molecule has 0 aliphatic rings. The molecule has 0 saturated heterocycles. The highest BCUT2D eigenvalue weighted by Crippen LogP contribution is 2.25. The van der Waals surface area contributed by atoms with Crippen molar-refractivity contribution in [1.82, 2.24) is 14.9 Å². The first kappa shape index (κ1) is 26.3. The van der Waals surface area contributed by atoms with Crippen molar-refractivity contribution in [2.45, 2.75) is 38.7 Å². The quantitative estimate of drug-likeness (QED) is 0.347. The van der Waals surface area contributed by atoms with E-state index in [0.717, 1.165) is 5.56 Å². The molecule has 0 spiro atoms. The third-order valence-corrected chi connectivity index (χ3v) is 5.74. The van der Waals surface area contributed by atoms with Gasteiger partial charge in [0.15, 0.2) is 0 Å². The lowest BCUT2D eigenvalue weighted by Gasteiger charge is -2.24. The molecule has 0 aliphatic carbocycles. The molecule has 0 fully saturated rings. The molecule has 3 aromatic rings. The summed E-state index contributed by atoms with van der Waals surface area (Å²) in [6.45, 7) is 3.60. The second kappa shape index (κ2) is 11.0. The zero-order valence-electron chi connectivity index (χ0n) is 20.0. The summed E-state index contributed by atoms with van der Waals surface area (Å²) in [7, 11) is 1.58. The number of hydrogen-bond acceptors (Lipinski definition) is 4. The minimum Gasteiger partial charge on any atom is -0.477 e. The number of urea groups is 1. The van der Waals surface area contributed by atoms with Crippen LogP contribution in [-0.2, 0) is 22.4 Å². The number of carboxylic acid groups (broad SMARTS) is 1. The predicted molar refractivity (Wildman–Crippen MR) is 130 cm³/mol. The largest absolute Gasteiger partial charge is 0.477 e. The number of likely N-dealkylation sites (N-methyl/N-ethyl adjacent to an activating group) is 1. The molecule has 0 radical (unpaired) electrons. The number of aromatic nitrogens is 2. The lowest BCUT2D eigenvalue weighted by atomic mass is 10.1. The van der Waals surface area contributed by atoms with Crippen LogP contribution in [0.25, 0.3) is 0 Å². The minimum absolute atomic E-state index is 0.0359. The fourth-order valence-electron chi connectivity index (χ4n) is 3.44. The lowest BCUT2D eigenvalue weighted by molar-refractivity contribution is -0.164. The van der Waals surface area contributed by atoms with Crippen LogP contribution in [0.15, 0.2) is 54.9 Å². The van der Waals surface area contributed by atoms with Gasteiger partial charge in [-0.1, -0.05) is 24.3 Å². The van der Waals surface area contributed by atoms with Gasteiger partial charge in [-0.3, -0.25) is 10.1 Å². The van der Waals surface area contributed by atoms with Gasteiger partial charge in [-0.25, -0.2) is 14.6 Å². The molecule has 1 atom stereocenters. The fraction of sp³-hybridized carbons (Fsp3) is 0.280. The van der Waals surface area contributed by atoms with Crippen molar-refractivity contribution in [2.24, 2.45) is 0 Å². The standard InChI is InChI=1S/C25H27F2N5O4/c1-15-6-4-5-7-19(15)30-24(36)31-21-9-8-17(13-29-21)11-22(33)32(3)16(2)20-10-18(14-28-20)12-25(26,27)23(34)35/h4-10,13-14,16,28H,11-12H2,1-3H3,(H,34,35)(H2,29,30,31,36). The molecule has 3 rings (SSSR count). The molecule has 1 unspecified atom stereocenters. The number of hydrogen-bond donors (Lipinski definition) is 4. The molecular weight excluding hydrogens is 472 g/mol. The second-order valence-electron chi connectivity index (χ2n) is 8.45. The van der Waals surface area contributed by atoms with Crippen molar-refractivity contribution < 1.29 is 28.3 Å². The highest BCUT2D eigenvalue weighted by molar-refractivity contribution is 5.99. The maximum Gasteiger partial charge on any atom is 0.374 e. The maximum atomic E-state index is 13.5. The average Bonchev–Trinajstić information content (AvgIpc) is 3.28. The Morgan fingerprint density at radius 3 is 2.50 bits per heavy atom. The Morgan fingerprint density at radius 2 is 1.86 bits per heavy atom. The highest BCUT2D eigenvalue weighted by atomic mass is 19.3. The van der Waals surface area contributed by atoms with E-state index in [1.165, 1.54) is 23.4 Å². The Morgan fingerprint density at radius 1 is 1.14 bits per heavy atom. The van der Waals surface area contributed by atoms with Gasteiger partial charge < -0.3 is 20.3 Å². The number of benzene rings is 1. The summed E-state index contributed by atoms with van der Waals surface area (Å²) in [5.41, 5.74) is 2.85. The van der Waals surface area contributed by atoms with Crippen LogP contribution in [0.4, 0.5) is 25.1 Å². The molecular formula is C25H27F2N5O4. The Kier molecular flexibility index (Phi) is 8.03. The van der Waals surface area contributed by atoms with E-state index in [0.29, 0.717) is 22.8 Å². The number of aryl methyl sites for hydroxylation is 1. The first-order chi connectivity index (χ1) is 17.0. The van der Waals surface area contributed by atoms with E-state index >= 15 is 0 Å². The summed E-state index contributed by atoms with van der Waals surface area (Å²) in [6.07, 6.45) is 1.89. The summed E-state index contributed by atoms with van der Waals surface area (Å²) < 4.78 is 26.9. The number of nitrogens with zero attached hydrogens (tertiary/aromatic N) is 2. The van der Waals surface area contributed by atoms with E-state index in [1.807, 2.05) is 25.1 Å². The number of para-hydroxylation sites is 1. The number of aromatic amines is 1. The molecule has 2 heterocycles. The van der Waals surface area contributed by atoms with Gasteiger partial charge in [-0.05, 0) is 48.7 Å². The van der Waals surface area contributed by atoms with Gasteiger partial charge in [0.05, 0.1) is 12.5 Å². The van der Waals surface area contributed by atoms with Crippen molar-refractivity contribution in [2.75, 3.05) is 17.7 Å². The lowest BCUT2D eigenvalue weighted by Crippen LogP contribution is -2.31. The van der Waals surface area contributed by atoms with E-state index in [4.69, 9.17) is 5.11 Å². The van der Waals surface area contributed by atoms with Crippen LogP contribution >= 0.6 is 0 Å². The zero-order chi connectivity index (χ0) is 26.5. The third-order valence-electron chi connectivity index (χ3n) is 5.74. The van der Waals surface area contributed by atoms with Crippen LogP contribution in [0.2, 0.25) is 0 Å². The molecule has 0 saturated carbocycles. The van der Waals surface area contributed by atoms with Crippen molar-refractivity contribution in [3.05, 3.63) is 77.2 Å². The number of pyridine rings is 1. The molecule has 1 aromatic carbocycles. The Balaban J connectivity index is 1.55. The number of carbonyl (C=O) groups is 3. The van der Waals surface area contributed by atoms with E-state index in [1.54, 1.807) is 32.2 Å². The van der Waals surface area contributed by atoms with Gasteiger partial charge in [0.25, 0.3) is 0 Å². The van der Waals surface area contributed by atoms with E-state index in [9.17, 15) is 23.2 Å². The predicted octanol–water partition coefficient (Wildman–Crippen LogP) is 4.39. The fourth-order valence-corrected chi connectivity index (χ4v) is 3.44. The molecule has 4 N–H and O–H groups in total. The number of carbonyl (C=O) groups excluding carboxylic acids is 2. The number of nitrogens with one attached hydrogen (secondary N) is 3. The van der Waals surface area contributed by atoms with E-state index < -0.39 is 30.4 Å². The number of aliphatic carboxylic acids is 1. The molecule has 11 heteroatoms. The van der Waals surface area contributed by atoms with Crippen molar-refractivity contribution >= 4 is 29.4 Å². The highest BCUT2D eigenvalue weighted by Gasteiger charge is 2.39. The number of halogens is 2. The number of rotatable bonds is 9. The van der Waals surface area contributed by atoms with Crippen LogP contribution in [-0.4, -0.2) is 50.9 Å². The summed E-state index contributed by atoms with van der Waals surface area (Å²) in [5.74, 6) is -5.99. The van der Waals surface area contributed by atoms with Crippen LogP contribution < -0.4 is 10.6 Å². The average molecular weight is 500 g/mol. The van der Waals surface area contributed by atoms with E-state index in [2.05, 4.69) is 20.6 Å². The van der Waals surface area contributed by atoms with Gasteiger partial charge in [-0.15, -0.1) is 0 Å². The summed E-state index contributed by atoms with van der Waals surface area (Å²) >= 11 is 0. The number of amides is 3. The first-order valence-corrected chi connectivity index (χ1v) is 11.1. The molecule has 0 bridgehead atoms. The van der Waals surface area contributed by atoms with Crippen LogP contribution in [0, 0.1) is 6.92 Å². The van der Waals surface area contributed by atoms with Gasteiger partial charge >= 0.3 is 17.9 Å². The minimum atomic E-state index is -3.88. The Labute approximate surface area is 206 Å². The van der Waals surface area contributed by atoms with Gasteiger partial charge in [-0.2, -0.15) is 8.78 Å². The Hall–Kier alpha value is -4.28. The molecule has 0 aliphatic heterocycles. The van der Waals surface area contributed by atoms with Gasteiger partial charge in [0.1, 0.15) is 5.82 Å². The third kappa shape index (κ3) is 6.65. The second-order valence-corrected chi connectivity index (χ2v) is 8.45. The topological polar surface area (TPSA) is 127 Å². The number of anilines is 2. The van der Waals surface area contributed by atoms with Crippen molar-refractivity contribution in [3.8, 4) is 0 Å². The molecule has 36 heavy (non-hydrogen) atoms. The van der Waals surface area contributed by atoms with E-state index in [-0.39, 0.29) is 17.9 Å². The molecule has 190 valence electrons. The first-order valence-electron chi connectivity index (χ1n) is 11.1. The van der Waals surface area contributed by atoms with Crippen LogP contribution in [0.3, 0.4) is 0 Å². The van der Waals surface area contributed by atoms with Crippen molar-refractivity contribution in [1.29, 1.82) is 0 Å². The SMILES string of the molecule is Cc1ccccc1NC(=O)Nc1ccc(CC(=O)N(C)C(C)c2cc(CC(F)(F)C(=O)O)c[nH]2)cn1. The van der Waals surface area contributed by atoms with Crippen LogP contribution in [0.1, 0.15) is 35.3 Å². The normalized spacial score (nSPS) is 12.0. The summed E-state index contributed by atoms with van der Waals surface area (Å²) in [6, 6.07) is 11.1. The van der Waals surface area contributed by atoms with Gasteiger partial charge in [0, 0.05) is 37.2 Å². The summed E-state index contributed by atoms with van der Waals surface area (Å²) in [4.78, 5) is 44.1. The van der Waals surface area contributed by atoms with Gasteiger partial charge in [0.2, 0.25) is 5.91 Å². The number of H-pyrrole nitrogens is 1. The maximum absolute atomic E-state index is 13.5. The van der Waals surface area contributed by atoms with Crippen LogP contribution in [0.5, 0.6) is 0 Å². The Bertz CT molecular complexity index is 1240. The smallest absolute Gasteiger partial charge is 0.374 e. The van der Waals surface area contributed by atoms with Crippen molar-refractivity contribution in [3.63, 3.8) is 0 Å². The molecule has 9 nitrogen and oxygen atoms in total. The number of alkyl halides is 2. The number of carboxylic acids is 1. The molecule has 2 aromatic heterocycles.